The average molecular weight is 469 g/mol. The molecule has 0 aliphatic heterocycles. The Morgan fingerprint density at radius 3 is 2.60 bits per heavy atom. The van der Waals surface area contributed by atoms with Gasteiger partial charge in [-0.2, -0.15) is 0 Å². The molecule has 0 amide bonds. The number of carboxylic acids is 1. The Hall–Kier alpha value is -4.46. The van der Waals surface area contributed by atoms with Crippen molar-refractivity contribution in [2.75, 3.05) is 7.11 Å². The van der Waals surface area contributed by atoms with Crippen LogP contribution in [0.25, 0.3) is 33.3 Å². The number of nitrogens with zero attached hydrogens (tertiary/aromatic N) is 4. The van der Waals surface area contributed by atoms with Crippen molar-refractivity contribution in [1.29, 1.82) is 0 Å². The summed E-state index contributed by atoms with van der Waals surface area (Å²) in [5, 5.41) is 13.5. The number of rotatable bonds is 6. The lowest BCUT2D eigenvalue weighted by Gasteiger charge is -2.15. The highest BCUT2D eigenvalue weighted by Crippen LogP contribution is 2.39. The van der Waals surface area contributed by atoms with Crippen molar-refractivity contribution in [1.82, 2.24) is 19.7 Å². The SMILES string of the molecule is COc1cc(C(=O)O)ccc1-c1cn([C@@H](C)c2ccccn2)c2cc(-c3c(C)noc3C)cnc12. The van der Waals surface area contributed by atoms with E-state index in [1.54, 1.807) is 18.3 Å². The van der Waals surface area contributed by atoms with E-state index in [0.717, 1.165) is 50.4 Å². The molecule has 0 saturated heterocycles. The summed E-state index contributed by atoms with van der Waals surface area (Å²) in [5.41, 5.74) is 6.95. The summed E-state index contributed by atoms with van der Waals surface area (Å²) in [5.74, 6) is 0.181. The zero-order valence-electron chi connectivity index (χ0n) is 19.8. The minimum atomic E-state index is -1.01. The van der Waals surface area contributed by atoms with Crippen molar-refractivity contribution >= 4 is 17.0 Å². The van der Waals surface area contributed by atoms with Crippen LogP contribution in [0.2, 0.25) is 0 Å². The summed E-state index contributed by atoms with van der Waals surface area (Å²) in [6.07, 6.45) is 5.61. The molecule has 4 aromatic heterocycles. The van der Waals surface area contributed by atoms with Crippen LogP contribution in [0.1, 0.15) is 40.5 Å². The fourth-order valence-corrected chi connectivity index (χ4v) is 4.49. The summed E-state index contributed by atoms with van der Waals surface area (Å²) in [6, 6.07) is 12.7. The van der Waals surface area contributed by atoms with Gasteiger partial charge in [-0.25, -0.2) is 4.79 Å². The van der Waals surface area contributed by atoms with Gasteiger partial charge in [-0.3, -0.25) is 9.97 Å². The maximum absolute atomic E-state index is 11.5. The van der Waals surface area contributed by atoms with Crippen molar-refractivity contribution in [3.63, 3.8) is 0 Å². The molecule has 1 aromatic carbocycles. The molecular weight excluding hydrogens is 444 g/mol. The molecule has 0 bridgehead atoms. The molecule has 0 fully saturated rings. The number of aryl methyl sites for hydroxylation is 2. The van der Waals surface area contributed by atoms with Crippen molar-refractivity contribution in [3.05, 3.63) is 83.8 Å². The number of benzene rings is 1. The van der Waals surface area contributed by atoms with Gasteiger partial charge in [0, 0.05) is 40.8 Å². The van der Waals surface area contributed by atoms with Gasteiger partial charge in [0.1, 0.15) is 11.5 Å². The summed E-state index contributed by atoms with van der Waals surface area (Å²) in [4.78, 5) is 20.9. The first-order valence-corrected chi connectivity index (χ1v) is 11.2. The van der Waals surface area contributed by atoms with E-state index in [9.17, 15) is 9.90 Å². The molecule has 8 nitrogen and oxygen atoms in total. The first kappa shape index (κ1) is 22.3. The normalized spacial score (nSPS) is 12.1. The molecule has 1 atom stereocenters. The third-order valence-electron chi connectivity index (χ3n) is 6.26. The molecule has 5 rings (SSSR count). The Labute approximate surface area is 201 Å². The lowest BCUT2D eigenvalue weighted by atomic mass is 10.0. The quantitative estimate of drug-likeness (QED) is 0.342. The fraction of sp³-hybridized carbons (Fsp3) is 0.185. The van der Waals surface area contributed by atoms with E-state index < -0.39 is 5.97 Å². The smallest absolute Gasteiger partial charge is 0.335 e. The Bertz CT molecular complexity index is 1530. The van der Waals surface area contributed by atoms with E-state index in [0.29, 0.717) is 5.75 Å². The number of aromatic carboxylic acids is 1. The van der Waals surface area contributed by atoms with Crippen LogP contribution in [0, 0.1) is 13.8 Å². The Morgan fingerprint density at radius 1 is 1.11 bits per heavy atom. The molecule has 35 heavy (non-hydrogen) atoms. The van der Waals surface area contributed by atoms with E-state index in [1.807, 2.05) is 44.4 Å². The summed E-state index contributed by atoms with van der Waals surface area (Å²) < 4.78 is 13.1. The second-order valence-electron chi connectivity index (χ2n) is 8.39. The summed E-state index contributed by atoms with van der Waals surface area (Å²) in [7, 11) is 1.53. The molecule has 4 heterocycles. The van der Waals surface area contributed by atoms with Gasteiger partial charge in [-0.05, 0) is 57.2 Å². The van der Waals surface area contributed by atoms with Crippen LogP contribution in [0.3, 0.4) is 0 Å². The van der Waals surface area contributed by atoms with Crippen molar-refractivity contribution in [2.24, 2.45) is 0 Å². The standard InChI is InChI=1S/C27H24N4O4/c1-15-25(17(3)35-30-15)19-11-23-26(29-13-19)21(14-31(23)16(2)22-7-5-6-10-28-22)20-9-8-18(27(32)33)12-24(20)34-4/h5-14,16H,1-4H3,(H,32,33)/t16-/m0/s1. The highest BCUT2D eigenvalue weighted by molar-refractivity contribution is 5.98. The number of carboxylic acid groups (broad SMARTS) is 1. The van der Waals surface area contributed by atoms with Gasteiger partial charge in [0.2, 0.25) is 0 Å². The number of hydrogen-bond donors (Lipinski definition) is 1. The van der Waals surface area contributed by atoms with Gasteiger partial charge in [0.05, 0.1) is 41.1 Å². The van der Waals surface area contributed by atoms with Gasteiger partial charge in [-0.1, -0.05) is 11.2 Å². The number of pyridine rings is 2. The number of hydrogen-bond acceptors (Lipinski definition) is 6. The molecule has 0 spiro atoms. The minimum absolute atomic E-state index is 0.0848. The van der Waals surface area contributed by atoms with Crippen molar-refractivity contribution in [2.45, 2.75) is 26.8 Å². The maximum Gasteiger partial charge on any atom is 0.335 e. The lowest BCUT2D eigenvalue weighted by molar-refractivity contribution is 0.0696. The number of aromatic nitrogens is 4. The van der Waals surface area contributed by atoms with E-state index in [1.165, 1.54) is 13.2 Å². The number of carbonyl (C=O) groups is 1. The van der Waals surface area contributed by atoms with Gasteiger partial charge in [0.25, 0.3) is 0 Å². The first-order chi connectivity index (χ1) is 16.9. The zero-order valence-corrected chi connectivity index (χ0v) is 19.8. The molecule has 8 heteroatoms. The third kappa shape index (κ3) is 3.82. The minimum Gasteiger partial charge on any atom is -0.496 e. The van der Waals surface area contributed by atoms with Gasteiger partial charge in [0.15, 0.2) is 0 Å². The van der Waals surface area contributed by atoms with Crippen LogP contribution in [0.4, 0.5) is 0 Å². The van der Waals surface area contributed by atoms with Gasteiger partial charge in [-0.15, -0.1) is 0 Å². The molecule has 5 aromatic rings. The molecule has 0 radical (unpaired) electrons. The number of fused-ring (bicyclic) bond motifs is 1. The highest BCUT2D eigenvalue weighted by atomic mass is 16.5. The van der Waals surface area contributed by atoms with E-state index in [4.69, 9.17) is 14.2 Å². The Kier molecular flexibility index (Phi) is 5.56. The monoisotopic (exact) mass is 468 g/mol. The first-order valence-electron chi connectivity index (χ1n) is 11.2. The molecule has 0 saturated carbocycles. The van der Waals surface area contributed by atoms with Crippen LogP contribution in [0.5, 0.6) is 5.75 Å². The molecule has 1 N–H and O–H groups in total. The molecule has 0 unspecified atom stereocenters. The van der Waals surface area contributed by atoms with Crippen LogP contribution in [0.15, 0.2) is 65.6 Å². The molecular formula is C27H24N4O4. The van der Waals surface area contributed by atoms with Crippen molar-refractivity contribution < 1.29 is 19.2 Å². The van der Waals surface area contributed by atoms with Crippen LogP contribution in [-0.2, 0) is 0 Å². The van der Waals surface area contributed by atoms with E-state index in [2.05, 4.69) is 27.7 Å². The van der Waals surface area contributed by atoms with Gasteiger partial charge >= 0.3 is 5.97 Å². The summed E-state index contributed by atoms with van der Waals surface area (Å²) in [6.45, 7) is 5.88. The third-order valence-corrected chi connectivity index (χ3v) is 6.26. The fourth-order valence-electron chi connectivity index (χ4n) is 4.49. The predicted molar refractivity (Wildman–Crippen MR) is 132 cm³/mol. The topological polar surface area (TPSA) is 103 Å². The van der Waals surface area contributed by atoms with Gasteiger partial charge < -0.3 is 18.9 Å². The largest absolute Gasteiger partial charge is 0.496 e. The average Bonchev–Trinajstić information content (AvgIpc) is 3.42. The number of ether oxygens (including phenoxy) is 1. The molecule has 0 aliphatic rings. The lowest BCUT2D eigenvalue weighted by Crippen LogP contribution is -2.07. The Balaban J connectivity index is 1.76. The van der Waals surface area contributed by atoms with E-state index >= 15 is 0 Å². The Morgan fingerprint density at radius 2 is 1.94 bits per heavy atom. The van der Waals surface area contributed by atoms with E-state index in [-0.39, 0.29) is 11.6 Å². The van der Waals surface area contributed by atoms with Crippen molar-refractivity contribution in [3.8, 4) is 28.0 Å². The number of methoxy groups -OCH3 is 1. The second kappa shape index (κ2) is 8.72. The van der Waals surface area contributed by atoms with Crippen LogP contribution < -0.4 is 4.74 Å². The second-order valence-corrected chi connectivity index (χ2v) is 8.39. The zero-order chi connectivity index (χ0) is 24.7. The highest BCUT2D eigenvalue weighted by Gasteiger charge is 2.22. The van der Waals surface area contributed by atoms with Crippen LogP contribution >= 0.6 is 0 Å². The maximum atomic E-state index is 11.5. The predicted octanol–water partition coefficient (Wildman–Crippen LogP) is 5.69. The molecule has 0 aliphatic carbocycles. The summed E-state index contributed by atoms with van der Waals surface area (Å²) >= 11 is 0. The molecule has 176 valence electrons. The van der Waals surface area contributed by atoms with Crippen LogP contribution in [-0.4, -0.2) is 37.9 Å².